The second kappa shape index (κ2) is 12.8. The van der Waals surface area contributed by atoms with Crippen molar-refractivity contribution < 1.29 is 37.4 Å². The van der Waals surface area contributed by atoms with Crippen molar-refractivity contribution >= 4 is 19.5 Å². The number of hydrogen-bond donors (Lipinski definition) is 3. The Morgan fingerprint density at radius 2 is 2.00 bits per heavy atom. The lowest BCUT2D eigenvalue weighted by atomic mass is 9.94. The quantitative estimate of drug-likeness (QED) is 0.263. The van der Waals surface area contributed by atoms with Gasteiger partial charge in [0.1, 0.15) is 35.4 Å². The van der Waals surface area contributed by atoms with Crippen molar-refractivity contribution in [2.75, 3.05) is 12.3 Å². The van der Waals surface area contributed by atoms with E-state index in [0.717, 1.165) is 36.7 Å². The first kappa shape index (κ1) is 30.1. The van der Waals surface area contributed by atoms with Crippen molar-refractivity contribution in [2.24, 2.45) is 0 Å². The number of rotatable bonds is 11. The topological polar surface area (TPSA) is 164 Å². The number of esters is 1. The number of aliphatic hydroxyl groups excluding tert-OH is 1. The molecule has 1 aliphatic carbocycles. The molecule has 12 nitrogen and oxygen atoms in total. The number of carbonyl (C=O) groups excluding carboxylic acids is 1. The van der Waals surface area contributed by atoms with Gasteiger partial charge in [0.15, 0.2) is 12.4 Å². The molecule has 2 heterocycles. The monoisotopic (exact) mass is 582 g/mol. The van der Waals surface area contributed by atoms with Crippen LogP contribution in [0.3, 0.4) is 0 Å². The van der Waals surface area contributed by atoms with Gasteiger partial charge in [-0.25, -0.2) is 13.8 Å². The molecule has 2 aromatic rings. The smallest absolute Gasteiger partial charge is 0.459 e. The average Bonchev–Trinajstić information content (AvgIpc) is 3.18. The van der Waals surface area contributed by atoms with Crippen LogP contribution in [0.5, 0.6) is 5.75 Å². The van der Waals surface area contributed by atoms with E-state index in [1.807, 2.05) is 0 Å². The van der Waals surface area contributed by atoms with Gasteiger partial charge in [0.2, 0.25) is 0 Å². The highest BCUT2D eigenvalue weighted by molar-refractivity contribution is 7.52. The van der Waals surface area contributed by atoms with Crippen LogP contribution in [0, 0.1) is 0 Å². The Balaban J connectivity index is 1.52. The summed E-state index contributed by atoms with van der Waals surface area (Å²) in [4.78, 5) is 28.7. The third-order valence-electron chi connectivity index (χ3n) is 7.18. The van der Waals surface area contributed by atoms with Gasteiger partial charge in [-0.2, -0.15) is 10.1 Å². The number of hydrogen-bond acceptors (Lipinski definition) is 10. The molecule has 40 heavy (non-hydrogen) atoms. The van der Waals surface area contributed by atoms with Crippen LogP contribution < -0.4 is 21.0 Å². The molecule has 1 aliphatic heterocycles. The van der Waals surface area contributed by atoms with Crippen molar-refractivity contribution in [3.63, 3.8) is 0 Å². The van der Waals surface area contributed by atoms with Gasteiger partial charge < -0.3 is 24.8 Å². The molecule has 1 saturated heterocycles. The summed E-state index contributed by atoms with van der Waals surface area (Å²) in [6.07, 6.45) is 0.237. The number of nitrogens with two attached hydrogens (primary N) is 1. The van der Waals surface area contributed by atoms with Gasteiger partial charge in [-0.15, -0.1) is 0 Å². The van der Waals surface area contributed by atoms with Crippen molar-refractivity contribution in [1.29, 1.82) is 0 Å². The second-order valence-corrected chi connectivity index (χ2v) is 11.8. The summed E-state index contributed by atoms with van der Waals surface area (Å²) in [7, 11) is -4.33. The molecule has 1 aromatic carbocycles. The summed E-state index contributed by atoms with van der Waals surface area (Å²) in [6.45, 7) is 2.49. The Hall–Kier alpha value is -2.83. The van der Waals surface area contributed by atoms with E-state index in [2.05, 4.69) is 10.1 Å². The van der Waals surface area contributed by atoms with E-state index >= 15 is 4.39 Å². The van der Waals surface area contributed by atoms with Crippen LogP contribution in [-0.2, 0) is 23.4 Å². The fourth-order valence-electron chi connectivity index (χ4n) is 4.81. The molecule has 0 radical (unpaired) electrons. The minimum atomic E-state index is -4.33. The largest absolute Gasteiger partial charge is 0.461 e. The first-order valence-corrected chi connectivity index (χ1v) is 14.9. The molecule has 2 aliphatic rings. The van der Waals surface area contributed by atoms with E-state index in [9.17, 15) is 19.3 Å². The van der Waals surface area contributed by atoms with Crippen molar-refractivity contribution in [1.82, 2.24) is 14.6 Å². The van der Waals surface area contributed by atoms with E-state index in [1.54, 1.807) is 37.3 Å². The van der Waals surface area contributed by atoms with Crippen LogP contribution >= 0.6 is 7.75 Å². The Kier molecular flexibility index (Phi) is 9.63. The average molecular weight is 583 g/mol. The molecule has 1 saturated carbocycles. The first-order valence-electron chi connectivity index (χ1n) is 13.4. The molecule has 220 valence electrons. The van der Waals surface area contributed by atoms with Crippen LogP contribution in [-0.4, -0.2) is 57.3 Å². The van der Waals surface area contributed by atoms with Gasteiger partial charge in [-0.1, -0.05) is 31.5 Å². The van der Waals surface area contributed by atoms with Crippen LogP contribution in [0.15, 0.2) is 47.4 Å². The highest BCUT2D eigenvalue weighted by atomic mass is 31.2. The number of carbonyl (C=O) groups is 1. The molecule has 1 aromatic heterocycles. The Morgan fingerprint density at radius 1 is 1.30 bits per heavy atom. The number of aliphatic hydroxyl groups is 1. The maximum absolute atomic E-state index is 15.3. The molecule has 2 fully saturated rings. The molecule has 6 atom stereocenters. The van der Waals surface area contributed by atoms with Gasteiger partial charge >= 0.3 is 19.4 Å². The van der Waals surface area contributed by atoms with Gasteiger partial charge in [0, 0.05) is 6.20 Å². The molecule has 2 unspecified atom stereocenters. The van der Waals surface area contributed by atoms with Crippen molar-refractivity contribution in [3.05, 3.63) is 53.1 Å². The van der Waals surface area contributed by atoms with E-state index in [4.69, 9.17) is 24.3 Å². The molecular weight excluding hydrogens is 546 g/mol. The highest BCUT2D eigenvalue weighted by Crippen LogP contribution is 2.49. The maximum Gasteiger partial charge on any atom is 0.459 e. The number of halogens is 1. The van der Waals surface area contributed by atoms with Crippen LogP contribution in [0.2, 0.25) is 0 Å². The lowest BCUT2D eigenvalue weighted by Gasteiger charge is -2.32. The summed E-state index contributed by atoms with van der Waals surface area (Å²) in [5, 5.41) is 13.5. The third kappa shape index (κ3) is 6.90. The zero-order chi connectivity index (χ0) is 28.9. The number of anilines is 1. The number of nitrogen functional groups attached to an aromatic ring is 1. The molecular formula is C26H36FN4O8P. The molecule has 4 N–H and O–H groups in total. The normalized spacial score (nSPS) is 27.6. The third-order valence-corrected chi connectivity index (χ3v) is 8.80. The van der Waals surface area contributed by atoms with Gasteiger partial charge in [-0.3, -0.25) is 13.9 Å². The van der Waals surface area contributed by atoms with Gasteiger partial charge in [0.25, 0.3) is 0 Å². The molecule has 0 spiro atoms. The fraction of sp³-hybridized carbons (Fsp3) is 0.577. The van der Waals surface area contributed by atoms with Crippen LogP contribution in [0.1, 0.15) is 58.6 Å². The molecule has 14 heteroatoms. The molecule has 4 rings (SSSR count). The summed E-state index contributed by atoms with van der Waals surface area (Å²) in [6, 6.07) is 8.38. The number of nitrogens with zero attached hydrogens (tertiary/aromatic N) is 2. The van der Waals surface area contributed by atoms with Crippen LogP contribution in [0.4, 0.5) is 10.2 Å². The second-order valence-electron chi connectivity index (χ2n) is 10.1. The standard InChI is InChI=1S/C26H36FN4O8P/c1-3-26(22(32)21(27)23(38-26)31-15-14-20(28)29-25(31)34)16-36-40(35,39-19-12-8-5-9-13-19)30-17(2)24(33)37-18-10-6-4-7-11-18/h5,8-9,12-15,17-18,21-23,32H,3-4,6-7,10-11,16H2,1-2H3,(H,30,35)(H2,28,29,34)/t17?,21-,22+,23-,26-,40?/m1/s1. The predicted octanol–water partition coefficient (Wildman–Crippen LogP) is 3.26. The Labute approximate surface area is 231 Å². The fourth-order valence-corrected chi connectivity index (χ4v) is 6.36. The predicted molar refractivity (Wildman–Crippen MR) is 143 cm³/mol. The number of para-hydroxylation sites is 1. The summed E-state index contributed by atoms with van der Waals surface area (Å²) < 4.78 is 53.0. The van der Waals surface area contributed by atoms with E-state index < -0.39 is 56.2 Å². The van der Waals surface area contributed by atoms with Crippen molar-refractivity contribution in [2.45, 2.75) is 88.6 Å². The van der Waals surface area contributed by atoms with E-state index in [0.29, 0.717) is 0 Å². The van der Waals surface area contributed by atoms with E-state index in [-0.39, 0.29) is 24.1 Å². The number of benzene rings is 1. The van der Waals surface area contributed by atoms with Gasteiger partial charge in [-0.05, 0) is 57.2 Å². The molecule has 0 amide bonds. The van der Waals surface area contributed by atoms with E-state index in [1.165, 1.54) is 19.2 Å². The first-order chi connectivity index (χ1) is 19.1. The number of nitrogens with one attached hydrogen (secondary N) is 1. The zero-order valence-corrected chi connectivity index (χ0v) is 23.4. The minimum absolute atomic E-state index is 0.0207. The summed E-state index contributed by atoms with van der Waals surface area (Å²) in [5.41, 5.74) is 2.95. The van der Waals surface area contributed by atoms with Gasteiger partial charge in [0.05, 0.1) is 6.61 Å². The number of aromatic nitrogens is 2. The van der Waals surface area contributed by atoms with Crippen LogP contribution in [0.25, 0.3) is 0 Å². The summed E-state index contributed by atoms with van der Waals surface area (Å²) in [5.74, 6) is -0.485. The maximum atomic E-state index is 15.3. The Bertz CT molecular complexity index is 1260. The molecule has 0 bridgehead atoms. The minimum Gasteiger partial charge on any atom is -0.461 e. The SMILES string of the molecule is CC[C@]1(COP(=O)(NC(C)C(=O)OC2CCCCC2)Oc2ccccc2)O[C@@H](n2ccc(N)nc2=O)[C@H](F)[C@@H]1O. The number of ether oxygens (including phenoxy) is 2. The summed E-state index contributed by atoms with van der Waals surface area (Å²) >= 11 is 0. The lowest BCUT2D eigenvalue weighted by Crippen LogP contribution is -2.46. The van der Waals surface area contributed by atoms with Crippen molar-refractivity contribution in [3.8, 4) is 5.75 Å². The highest BCUT2D eigenvalue weighted by Gasteiger charge is 2.56. The number of alkyl halides is 1. The zero-order valence-electron chi connectivity index (χ0n) is 22.5. The Morgan fingerprint density at radius 3 is 2.65 bits per heavy atom. The lowest BCUT2D eigenvalue weighted by molar-refractivity contribution is -0.152.